The summed E-state index contributed by atoms with van der Waals surface area (Å²) in [6, 6.07) is 0. The Labute approximate surface area is 164 Å². The molecule has 0 aromatic heterocycles. The number of nitrogens with one attached hydrogen (secondary N) is 1. The number of ether oxygens (including phenoxy) is 3. The van der Waals surface area contributed by atoms with Crippen molar-refractivity contribution in [2.45, 2.75) is 53.4 Å². The van der Waals surface area contributed by atoms with Crippen molar-refractivity contribution in [1.29, 1.82) is 0 Å². The number of aliphatic hydroxyl groups is 1. The summed E-state index contributed by atoms with van der Waals surface area (Å²) in [5.41, 5.74) is -1.31. The minimum absolute atomic E-state index is 0.0752. The number of esters is 1. The smallest absolute Gasteiger partial charge is 0.435 e. The van der Waals surface area contributed by atoms with Crippen LogP contribution in [0, 0.1) is 5.41 Å². The molecule has 0 aromatic rings. The summed E-state index contributed by atoms with van der Waals surface area (Å²) >= 11 is 0. The molecule has 12 heteroatoms. The molecule has 0 saturated carbocycles. The SMILES string of the molecule is CCOC(=O)O[C@H](C)OC(=O)[C@H](O)C(C)(C)COS(=O)(=O)CCCNC(C)=O. The van der Waals surface area contributed by atoms with Crippen LogP contribution in [-0.4, -0.2) is 69.5 Å². The second-order valence-electron chi connectivity index (χ2n) is 6.56. The summed E-state index contributed by atoms with van der Waals surface area (Å²) in [5, 5.41) is 12.6. The number of carbonyl (C=O) groups is 3. The van der Waals surface area contributed by atoms with E-state index in [1.807, 2.05) is 0 Å². The second kappa shape index (κ2) is 11.8. The van der Waals surface area contributed by atoms with Gasteiger partial charge in [-0.05, 0) is 13.3 Å². The Morgan fingerprint density at radius 1 is 1.18 bits per heavy atom. The van der Waals surface area contributed by atoms with Gasteiger partial charge in [-0.2, -0.15) is 8.42 Å². The van der Waals surface area contributed by atoms with E-state index in [1.54, 1.807) is 6.92 Å². The van der Waals surface area contributed by atoms with Crippen LogP contribution < -0.4 is 5.32 Å². The fourth-order valence-corrected chi connectivity index (χ4v) is 2.85. The van der Waals surface area contributed by atoms with Crippen molar-refractivity contribution in [3.8, 4) is 0 Å². The van der Waals surface area contributed by atoms with Crippen LogP contribution in [0.3, 0.4) is 0 Å². The Kier molecular flexibility index (Phi) is 11.0. The molecule has 0 saturated heterocycles. The Balaban J connectivity index is 4.55. The topological polar surface area (TPSA) is 155 Å². The first-order valence-corrected chi connectivity index (χ1v) is 10.2. The average Bonchev–Trinajstić information content (AvgIpc) is 2.56. The van der Waals surface area contributed by atoms with Crippen molar-refractivity contribution in [3.05, 3.63) is 0 Å². The van der Waals surface area contributed by atoms with Gasteiger partial charge in [0.05, 0.1) is 19.0 Å². The molecule has 0 spiro atoms. The quantitative estimate of drug-likeness (QED) is 0.192. The van der Waals surface area contributed by atoms with Gasteiger partial charge in [0.15, 0.2) is 6.10 Å². The van der Waals surface area contributed by atoms with Crippen molar-refractivity contribution in [1.82, 2.24) is 5.32 Å². The number of amides is 1. The molecule has 0 heterocycles. The van der Waals surface area contributed by atoms with E-state index >= 15 is 0 Å². The Morgan fingerprint density at radius 3 is 2.32 bits per heavy atom. The zero-order valence-corrected chi connectivity index (χ0v) is 17.5. The van der Waals surface area contributed by atoms with Crippen LogP contribution in [0.5, 0.6) is 0 Å². The van der Waals surface area contributed by atoms with E-state index in [4.69, 9.17) is 8.92 Å². The predicted octanol–water partition coefficient (Wildman–Crippen LogP) is 0.308. The van der Waals surface area contributed by atoms with E-state index < -0.39 is 46.7 Å². The number of hydrogen-bond acceptors (Lipinski definition) is 10. The molecule has 0 aromatic carbocycles. The molecule has 164 valence electrons. The van der Waals surface area contributed by atoms with Crippen LogP contribution in [0.2, 0.25) is 0 Å². The van der Waals surface area contributed by atoms with E-state index in [-0.39, 0.29) is 31.2 Å². The molecule has 0 aliphatic carbocycles. The summed E-state index contributed by atoms with van der Waals surface area (Å²) in [6.45, 7) is 6.71. The molecule has 28 heavy (non-hydrogen) atoms. The minimum atomic E-state index is -3.92. The van der Waals surface area contributed by atoms with Gasteiger partial charge in [0.1, 0.15) is 0 Å². The monoisotopic (exact) mass is 427 g/mol. The number of carbonyl (C=O) groups excluding carboxylic acids is 3. The molecule has 1 amide bonds. The zero-order valence-electron chi connectivity index (χ0n) is 16.7. The first kappa shape index (κ1) is 26.1. The lowest BCUT2D eigenvalue weighted by molar-refractivity contribution is -0.184. The molecular weight excluding hydrogens is 398 g/mol. The third kappa shape index (κ3) is 11.0. The lowest BCUT2D eigenvalue weighted by Crippen LogP contribution is -2.43. The van der Waals surface area contributed by atoms with Gasteiger partial charge >= 0.3 is 12.1 Å². The van der Waals surface area contributed by atoms with E-state index in [0.717, 1.165) is 0 Å². The lowest BCUT2D eigenvalue weighted by Gasteiger charge is -2.29. The average molecular weight is 427 g/mol. The third-order valence-corrected chi connectivity index (χ3v) is 4.59. The third-order valence-electron chi connectivity index (χ3n) is 3.33. The highest BCUT2D eigenvalue weighted by Crippen LogP contribution is 2.24. The molecule has 0 unspecified atom stereocenters. The molecule has 2 atom stereocenters. The number of rotatable bonds is 12. The van der Waals surface area contributed by atoms with Crippen LogP contribution in [0.4, 0.5) is 4.79 Å². The van der Waals surface area contributed by atoms with Gasteiger partial charge in [0, 0.05) is 25.8 Å². The van der Waals surface area contributed by atoms with Gasteiger partial charge in [-0.25, -0.2) is 9.59 Å². The van der Waals surface area contributed by atoms with Crippen molar-refractivity contribution in [2.75, 3.05) is 25.5 Å². The Hall–Kier alpha value is -1.92. The van der Waals surface area contributed by atoms with Crippen molar-refractivity contribution < 1.29 is 46.3 Å². The molecule has 0 fully saturated rings. The molecule has 0 aliphatic heterocycles. The van der Waals surface area contributed by atoms with Crippen LogP contribution in [0.1, 0.15) is 41.0 Å². The van der Waals surface area contributed by atoms with Gasteiger partial charge in [-0.15, -0.1) is 0 Å². The van der Waals surface area contributed by atoms with Crippen molar-refractivity contribution in [2.24, 2.45) is 5.41 Å². The summed E-state index contributed by atoms with van der Waals surface area (Å²) in [5.74, 6) is -1.73. The zero-order chi connectivity index (χ0) is 22.0. The first-order chi connectivity index (χ1) is 12.8. The summed E-state index contributed by atoms with van der Waals surface area (Å²) in [6.07, 6.45) is -3.94. The summed E-state index contributed by atoms with van der Waals surface area (Å²) in [4.78, 5) is 33.9. The molecule has 0 radical (unpaired) electrons. The predicted molar refractivity (Wildman–Crippen MR) is 96.5 cm³/mol. The molecule has 0 bridgehead atoms. The number of hydrogen-bond donors (Lipinski definition) is 2. The summed E-state index contributed by atoms with van der Waals surface area (Å²) in [7, 11) is -3.92. The Morgan fingerprint density at radius 2 is 1.79 bits per heavy atom. The van der Waals surface area contributed by atoms with Gasteiger partial charge < -0.3 is 24.6 Å². The maximum absolute atomic E-state index is 12.0. The van der Waals surface area contributed by atoms with E-state index in [1.165, 1.54) is 27.7 Å². The van der Waals surface area contributed by atoms with Gasteiger partial charge in [0.25, 0.3) is 10.1 Å². The fraction of sp³-hybridized carbons (Fsp3) is 0.812. The van der Waals surface area contributed by atoms with E-state index in [2.05, 4.69) is 14.8 Å². The van der Waals surface area contributed by atoms with E-state index in [0.29, 0.717) is 0 Å². The second-order valence-corrected chi connectivity index (χ2v) is 8.32. The molecule has 0 aliphatic rings. The van der Waals surface area contributed by atoms with Crippen molar-refractivity contribution in [3.63, 3.8) is 0 Å². The van der Waals surface area contributed by atoms with Gasteiger partial charge in [-0.3, -0.25) is 8.98 Å². The molecular formula is C16H29NO10S. The largest absolute Gasteiger partial charge is 0.511 e. The molecule has 0 rings (SSSR count). The number of aliphatic hydroxyl groups excluding tert-OH is 1. The summed E-state index contributed by atoms with van der Waals surface area (Å²) < 4.78 is 42.6. The van der Waals surface area contributed by atoms with Gasteiger partial charge in [0.2, 0.25) is 12.2 Å². The highest BCUT2D eigenvalue weighted by atomic mass is 32.2. The molecule has 11 nitrogen and oxygen atoms in total. The van der Waals surface area contributed by atoms with Crippen LogP contribution in [-0.2, 0) is 38.1 Å². The van der Waals surface area contributed by atoms with Crippen LogP contribution in [0.25, 0.3) is 0 Å². The van der Waals surface area contributed by atoms with Gasteiger partial charge in [-0.1, -0.05) is 13.8 Å². The van der Waals surface area contributed by atoms with E-state index in [9.17, 15) is 27.9 Å². The normalized spacial score (nSPS) is 13.9. The highest BCUT2D eigenvalue weighted by Gasteiger charge is 2.37. The molecule has 2 N–H and O–H groups in total. The first-order valence-electron chi connectivity index (χ1n) is 8.64. The fourth-order valence-electron chi connectivity index (χ4n) is 1.75. The van der Waals surface area contributed by atoms with Crippen LogP contribution in [0.15, 0.2) is 0 Å². The maximum atomic E-state index is 12.0. The van der Waals surface area contributed by atoms with Crippen molar-refractivity contribution >= 4 is 28.1 Å². The standard InChI is InChI=1S/C16H29NO10S/c1-6-24-15(21)27-12(3)26-14(20)13(19)16(4,5)10-25-28(22,23)9-7-8-17-11(2)18/h12-13,19H,6-10H2,1-5H3,(H,17,18)/t12-,13+/m1/s1. The maximum Gasteiger partial charge on any atom is 0.511 e. The van der Waals surface area contributed by atoms with Crippen LogP contribution >= 0.6 is 0 Å². The highest BCUT2D eigenvalue weighted by molar-refractivity contribution is 7.86. The Bertz CT molecular complexity index is 631. The minimum Gasteiger partial charge on any atom is -0.435 e. The lowest BCUT2D eigenvalue weighted by atomic mass is 9.88.